The maximum absolute atomic E-state index is 12.0. The fraction of sp³-hybridized carbons (Fsp3) is 0.800. The summed E-state index contributed by atoms with van der Waals surface area (Å²) in [5.41, 5.74) is 0.233. The summed E-state index contributed by atoms with van der Waals surface area (Å²) in [7, 11) is 0. The number of hydrogen-bond donors (Lipinski definition) is 4. The molecule has 0 fully saturated rings. The first-order valence-electron chi connectivity index (χ1n) is 10.4. The van der Waals surface area contributed by atoms with E-state index in [0.717, 1.165) is 38.5 Å². The largest absolute Gasteiger partial charge is 0.493 e. The number of nitrogens with one attached hydrogen (secondary N) is 1. The van der Waals surface area contributed by atoms with Crippen molar-refractivity contribution in [2.45, 2.75) is 103 Å². The SMILES string of the molecule is CCCCCCCC(O)CCn1c(CCCCCCC(=O)O)c(O)[nH]c1=O. The van der Waals surface area contributed by atoms with E-state index in [0.29, 0.717) is 31.5 Å². The number of carbonyl (C=O) groups is 1. The fourth-order valence-electron chi connectivity index (χ4n) is 3.31. The van der Waals surface area contributed by atoms with Crippen LogP contribution in [0.3, 0.4) is 0 Å². The van der Waals surface area contributed by atoms with E-state index in [1.807, 2.05) is 0 Å². The molecule has 0 aliphatic heterocycles. The Balaban J connectivity index is 2.37. The van der Waals surface area contributed by atoms with Crippen LogP contribution in [0.2, 0.25) is 0 Å². The van der Waals surface area contributed by atoms with Crippen molar-refractivity contribution in [2.24, 2.45) is 0 Å². The first-order valence-corrected chi connectivity index (χ1v) is 10.4. The number of hydrogen-bond acceptors (Lipinski definition) is 4. The molecule has 7 nitrogen and oxygen atoms in total. The van der Waals surface area contributed by atoms with Crippen LogP contribution in [-0.2, 0) is 17.8 Å². The minimum Gasteiger partial charge on any atom is -0.493 e. The maximum atomic E-state index is 12.0. The molecule has 0 bridgehead atoms. The molecule has 4 N–H and O–H groups in total. The Morgan fingerprint density at radius 1 is 1.04 bits per heavy atom. The van der Waals surface area contributed by atoms with Crippen molar-refractivity contribution in [2.75, 3.05) is 0 Å². The third kappa shape index (κ3) is 9.65. The molecule has 1 heterocycles. The number of aromatic hydroxyl groups is 1. The van der Waals surface area contributed by atoms with Gasteiger partial charge in [0.2, 0.25) is 5.88 Å². The van der Waals surface area contributed by atoms with Crippen molar-refractivity contribution in [3.05, 3.63) is 16.2 Å². The van der Waals surface area contributed by atoms with E-state index < -0.39 is 12.1 Å². The number of aliphatic hydroxyl groups is 1. The van der Waals surface area contributed by atoms with Gasteiger partial charge in [-0.2, -0.15) is 0 Å². The predicted molar refractivity (Wildman–Crippen MR) is 105 cm³/mol. The molecule has 1 aromatic rings. The summed E-state index contributed by atoms with van der Waals surface area (Å²) in [5.74, 6) is -0.879. The Morgan fingerprint density at radius 2 is 1.70 bits per heavy atom. The summed E-state index contributed by atoms with van der Waals surface area (Å²) in [6.07, 6.45) is 10.4. The van der Waals surface area contributed by atoms with Crippen LogP contribution >= 0.6 is 0 Å². The number of rotatable bonds is 16. The van der Waals surface area contributed by atoms with E-state index in [-0.39, 0.29) is 18.0 Å². The van der Waals surface area contributed by atoms with E-state index in [1.165, 1.54) is 23.8 Å². The zero-order valence-electron chi connectivity index (χ0n) is 16.6. The molecule has 1 rings (SSSR count). The van der Waals surface area contributed by atoms with Crippen LogP contribution in [0.1, 0.15) is 89.7 Å². The number of aromatic amines is 1. The molecule has 0 aliphatic carbocycles. The number of aliphatic hydroxyl groups excluding tert-OH is 1. The Hall–Kier alpha value is -1.76. The highest BCUT2D eigenvalue weighted by Gasteiger charge is 2.14. The van der Waals surface area contributed by atoms with Gasteiger partial charge in [-0.15, -0.1) is 0 Å². The number of imidazole rings is 1. The van der Waals surface area contributed by atoms with Crippen molar-refractivity contribution < 1.29 is 20.1 Å². The molecule has 0 amide bonds. The third-order valence-electron chi connectivity index (χ3n) is 4.95. The Bertz CT molecular complexity index is 594. The molecule has 27 heavy (non-hydrogen) atoms. The summed E-state index contributed by atoms with van der Waals surface area (Å²) in [5, 5.41) is 28.7. The lowest BCUT2D eigenvalue weighted by molar-refractivity contribution is -0.137. The lowest BCUT2D eigenvalue weighted by Gasteiger charge is -2.12. The second-order valence-corrected chi connectivity index (χ2v) is 7.33. The van der Waals surface area contributed by atoms with Crippen LogP contribution < -0.4 is 5.69 Å². The minimum atomic E-state index is -0.781. The second-order valence-electron chi connectivity index (χ2n) is 7.33. The van der Waals surface area contributed by atoms with Crippen molar-refractivity contribution in [1.82, 2.24) is 9.55 Å². The number of aromatic nitrogens is 2. The van der Waals surface area contributed by atoms with Gasteiger partial charge in [-0.1, -0.05) is 51.9 Å². The lowest BCUT2D eigenvalue weighted by atomic mass is 10.1. The molecule has 0 saturated carbocycles. The van der Waals surface area contributed by atoms with Gasteiger partial charge in [0.25, 0.3) is 0 Å². The van der Waals surface area contributed by atoms with Gasteiger partial charge >= 0.3 is 11.7 Å². The van der Waals surface area contributed by atoms with Gasteiger partial charge in [0.1, 0.15) is 0 Å². The number of aliphatic carboxylic acids is 1. The second kappa shape index (κ2) is 13.4. The van der Waals surface area contributed by atoms with Gasteiger partial charge in [0.05, 0.1) is 11.8 Å². The van der Waals surface area contributed by atoms with Crippen molar-refractivity contribution in [1.29, 1.82) is 0 Å². The van der Waals surface area contributed by atoms with Crippen LogP contribution in [0.15, 0.2) is 4.79 Å². The van der Waals surface area contributed by atoms with Gasteiger partial charge < -0.3 is 15.3 Å². The van der Waals surface area contributed by atoms with Gasteiger partial charge in [0, 0.05) is 13.0 Å². The van der Waals surface area contributed by atoms with Crippen LogP contribution in [-0.4, -0.2) is 36.9 Å². The molecule has 7 heteroatoms. The standard InChI is InChI=1S/C20H36N2O5/c1-2-3-4-5-8-11-16(23)14-15-22-17(19(26)21-20(22)27)12-9-6-7-10-13-18(24)25/h16,23,26H,2-15H2,1H3,(H,21,27)(H,24,25). The third-order valence-corrected chi connectivity index (χ3v) is 4.95. The van der Waals surface area contributed by atoms with Gasteiger partial charge in [-0.25, -0.2) is 4.79 Å². The lowest BCUT2D eigenvalue weighted by Crippen LogP contribution is -2.22. The summed E-state index contributed by atoms with van der Waals surface area (Å²) >= 11 is 0. The van der Waals surface area contributed by atoms with E-state index in [4.69, 9.17) is 5.11 Å². The fourth-order valence-corrected chi connectivity index (χ4v) is 3.31. The van der Waals surface area contributed by atoms with Gasteiger partial charge in [0.15, 0.2) is 0 Å². The number of carboxylic acid groups (broad SMARTS) is 1. The quantitative estimate of drug-likeness (QED) is 0.325. The van der Waals surface area contributed by atoms with Gasteiger partial charge in [-0.05, 0) is 32.1 Å². The zero-order valence-corrected chi connectivity index (χ0v) is 16.6. The Morgan fingerprint density at radius 3 is 2.41 bits per heavy atom. The van der Waals surface area contributed by atoms with E-state index in [2.05, 4.69) is 11.9 Å². The average Bonchev–Trinajstić information content (AvgIpc) is 2.88. The summed E-state index contributed by atoms with van der Waals surface area (Å²) in [6.45, 7) is 2.56. The van der Waals surface area contributed by atoms with E-state index in [1.54, 1.807) is 0 Å². The maximum Gasteiger partial charge on any atom is 0.328 e. The summed E-state index contributed by atoms with van der Waals surface area (Å²) in [4.78, 5) is 24.9. The molecule has 0 aliphatic rings. The molecule has 0 saturated heterocycles. The smallest absolute Gasteiger partial charge is 0.328 e. The molecule has 0 spiro atoms. The van der Waals surface area contributed by atoms with Crippen LogP contribution in [0.5, 0.6) is 5.88 Å². The molecule has 0 aromatic carbocycles. The molecule has 156 valence electrons. The zero-order chi connectivity index (χ0) is 20.1. The number of unbranched alkanes of at least 4 members (excludes halogenated alkanes) is 7. The molecule has 1 aromatic heterocycles. The highest BCUT2D eigenvalue weighted by atomic mass is 16.4. The number of nitrogens with zero attached hydrogens (tertiary/aromatic N) is 1. The van der Waals surface area contributed by atoms with E-state index >= 15 is 0 Å². The Labute approximate surface area is 161 Å². The molecular weight excluding hydrogens is 348 g/mol. The normalized spacial score (nSPS) is 12.4. The highest BCUT2D eigenvalue weighted by Crippen LogP contribution is 2.17. The summed E-state index contributed by atoms with van der Waals surface area (Å²) in [6, 6.07) is 0. The van der Waals surface area contributed by atoms with Gasteiger partial charge in [-0.3, -0.25) is 14.3 Å². The molecule has 0 radical (unpaired) electrons. The molecular formula is C20H36N2O5. The van der Waals surface area contributed by atoms with Crippen molar-refractivity contribution >= 4 is 5.97 Å². The number of carboxylic acids is 1. The first kappa shape index (κ1) is 23.3. The highest BCUT2D eigenvalue weighted by molar-refractivity contribution is 5.66. The van der Waals surface area contributed by atoms with E-state index in [9.17, 15) is 19.8 Å². The molecule has 1 atom stereocenters. The average molecular weight is 385 g/mol. The topological polar surface area (TPSA) is 116 Å². The van der Waals surface area contributed by atoms with Crippen LogP contribution in [0.4, 0.5) is 0 Å². The van der Waals surface area contributed by atoms with Crippen LogP contribution in [0.25, 0.3) is 0 Å². The first-order chi connectivity index (χ1) is 13.0. The number of H-pyrrole nitrogens is 1. The van der Waals surface area contributed by atoms with Crippen LogP contribution in [0, 0.1) is 0 Å². The minimum absolute atomic E-state index is 0.0976. The summed E-state index contributed by atoms with van der Waals surface area (Å²) < 4.78 is 1.52. The van der Waals surface area contributed by atoms with Crippen molar-refractivity contribution in [3.63, 3.8) is 0 Å². The van der Waals surface area contributed by atoms with Crippen molar-refractivity contribution in [3.8, 4) is 5.88 Å². The predicted octanol–water partition coefficient (Wildman–Crippen LogP) is 3.57. The Kier molecular flexibility index (Phi) is 11.6. The monoisotopic (exact) mass is 384 g/mol. The molecule has 1 unspecified atom stereocenters.